The van der Waals surface area contributed by atoms with Gasteiger partial charge in [-0.15, -0.1) is 0 Å². The van der Waals surface area contributed by atoms with Crippen LogP contribution >= 0.6 is 0 Å². The summed E-state index contributed by atoms with van der Waals surface area (Å²) in [6, 6.07) is 1.99. The molecular formula is C13H17F2N3O. The van der Waals surface area contributed by atoms with Gasteiger partial charge in [0, 0.05) is 31.7 Å². The van der Waals surface area contributed by atoms with E-state index >= 15 is 0 Å². The Morgan fingerprint density at radius 1 is 1.21 bits per heavy atom. The highest BCUT2D eigenvalue weighted by Gasteiger charge is 2.22. The van der Waals surface area contributed by atoms with Gasteiger partial charge in [-0.2, -0.15) is 0 Å². The number of anilines is 1. The zero-order valence-electron chi connectivity index (χ0n) is 10.8. The van der Waals surface area contributed by atoms with Crippen molar-refractivity contribution in [3.8, 4) is 0 Å². The maximum atomic E-state index is 13.3. The number of hydrogen-bond acceptors (Lipinski definition) is 3. The third-order valence-electron chi connectivity index (χ3n) is 3.43. The molecule has 0 aliphatic carbocycles. The lowest BCUT2D eigenvalue weighted by molar-refractivity contribution is 0.0642. The normalized spacial score (nSPS) is 16.7. The van der Waals surface area contributed by atoms with Crippen LogP contribution in [0.1, 0.15) is 17.3 Å². The predicted octanol–water partition coefficient (Wildman–Crippen LogP) is 1.32. The van der Waals surface area contributed by atoms with Gasteiger partial charge >= 0.3 is 0 Å². The number of amides is 1. The molecule has 1 aliphatic heterocycles. The molecule has 1 aromatic rings. The molecule has 0 bridgehead atoms. The predicted molar refractivity (Wildman–Crippen MR) is 68.8 cm³/mol. The van der Waals surface area contributed by atoms with E-state index in [1.165, 1.54) is 0 Å². The van der Waals surface area contributed by atoms with E-state index in [1.54, 1.807) is 4.90 Å². The number of carbonyl (C=O) groups is 1. The number of nitrogens with two attached hydrogens (primary N) is 1. The molecule has 1 amide bonds. The number of nitrogen functional groups attached to an aromatic ring is 1. The average molecular weight is 269 g/mol. The molecule has 0 radical (unpaired) electrons. The first kappa shape index (κ1) is 13.7. The quantitative estimate of drug-likeness (QED) is 0.824. The van der Waals surface area contributed by atoms with Gasteiger partial charge in [-0.05, 0) is 18.7 Å². The van der Waals surface area contributed by atoms with Gasteiger partial charge in [-0.1, -0.05) is 6.92 Å². The van der Waals surface area contributed by atoms with Crippen molar-refractivity contribution in [1.29, 1.82) is 0 Å². The lowest BCUT2D eigenvalue weighted by atomic mass is 10.1. The summed E-state index contributed by atoms with van der Waals surface area (Å²) in [4.78, 5) is 16.0. The Morgan fingerprint density at radius 3 is 2.21 bits per heavy atom. The third-order valence-corrected chi connectivity index (χ3v) is 3.43. The van der Waals surface area contributed by atoms with Crippen molar-refractivity contribution in [2.45, 2.75) is 6.92 Å². The number of likely N-dealkylation sites (N-methyl/N-ethyl adjacent to an activating group) is 1. The molecule has 0 unspecified atom stereocenters. The molecule has 1 saturated heterocycles. The molecule has 0 saturated carbocycles. The smallest absolute Gasteiger partial charge is 0.254 e. The fourth-order valence-corrected chi connectivity index (χ4v) is 2.16. The van der Waals surface area contributed by atoms with Crippen molar-refractivity contribution >= 4 is 11.6 Å². The van der Waals surface area contributed by atoms with Crippen LogP contribution in [0, 0.1) is 11.6 Å². The van der Waals surface area contributed by atoms with E-state index in [-0.39, 0.29) is 11.5 Å². The summed E-state index contributed by atoms with van der Waals surface area (Å²) in [5.41, 5.74) is 4.64. The first-order chi connectivity index (χ1) is 9.02. The van der Waals surface area contributed by atoms with Crippen LogP contribution in [0.3, 0.4) is 0 Å². The van der Waals surface area contributed by atoms with Crippen LogP contribution in [0.4, 0.5) is 14.5 Å². The Hall–Kier alpha value is -1.69. The van der Waals surface area contributed by atoms with Crippen molar-refractivity contribution in [3.05, 3.63) is 29.3 Å². The average Bonchev–Trinajstić information content (AvgIpc) is 2.43. The molecule has 1 fully saturated rings. The molecule has 19 heavy (non-hydrogen) atoms. The number of nitrogens with zero attached hydrogens (tertiary/aromatic N) is 2. The lowest BCUT2D eigenvalue weighted by Crippen LogP contribution is -2.48. The molecule has 2 rings (SSSR count). The zero-order chi connectivity index (χ0) is 14.0. The SMILES string of the molecule is CCN1CCN(C(=O)c2cc(F)c(N)c(F)c2)CC1. The van der Waals surface area contributed by atoms with Gasteiger partial charge in [0.2, 0.25) is 0 Å². The zero-order valence-corrected chi connectivity index (χ0v) is 10.8. The number of halogens is 2. The molecule has 0 atom stereocenters. The molecule has 1 aromatic carbocycles. The van der Waals surface area contributed by atoms with Crippen LogP contribution in [-0.4, -0.2) is 48.4 Å². The van der Waals surface area contributed by atoms with Crippen LogP contribution in [0.5, 0.6) is 0 Å². The third kappa shape index (κ3) is 2.84. The maximum Gasteiger partial charge on any atom is 0.254 e. The Balaban J connectivity index is 2.12. The van der Waals surface area contributed by atoms with Crippen LogP contribution in [-0.2, 0) is 0 Å². The van der Waals surface area contributed by atoms with Gasteiger partial charge in [-0.3, -0.25) is 4.79 Å². The van der Waals surface area contributed by atoms with Gasteiger partial charge in [0.15, 0.2) is 0 Å². The first-order valence-corrected chi connectivity index (χ1v) is 6.29. The van der Waals surface area contributed by atoms with Crippen LogP contribution in [0.2, 0.25) is 0 Å². The highest BCUT2D eigenvalue weighted by molar-refractivity contribution is 5.94. The Labute approximate surface area is 110 Å². The molecule has 1 aliphatic rings. The molecule has 0 aromatic heterocycles. The van der Waals surface area contributed by atoms with Crippen molar-refractivity contribution in [2.75, 3.05) is 38.5 Å². The summed E-state index contributed by atoms with van der Waals surface area (Å²) in [5, 5.41) is 0. The minimum atomic E-state index is -0.893. The van der Waals surface area contributed by atoms with E-state index in [0.29, 0.717) is 13.1 Å². The van der Waals surface area contributed by atoms with Crippen molar-refractivity contribution in [3.63, 3.8) is 0 Å². The topological polar surface area (TPSA) is 49.6 Å². The number of hydrogen-bond donors (Lipinski definition) is 1. The molecule has 0 spiro atoms. The fourth-order valence-electron chi connectivity index (χ4n) is 2.16. The molecular weight excluding hydrogens is 252 g/mol. The summed E-state index contributed by atoms with van der Waals surface area (Å²) in [7, 11) is 0. The number of rotatable bonds is 2. The van der Waals surface area contributed by atoms with Crippen molar-refractivity contribution in [1.82, 2.24) is 9.80 Å². The molecule has 1 heterocycles. The second-order valence-corrected chi connectivity index (χ2v) is 4.58. The van der Waals surface area contributed by atoms with Gasteiger partial charge < -0.3 is 15.5 Å². The van der Waals surface area contributed by atoms with E-state index in [1.807, 2.05) is 0 Å². The van der Waals surface area contributed by atoms with Gasteiger partial charge in [0.05, 0.1) is 0 Å². The number of piperazine rings is 1. The molecule has 104 valence electrons. The van der Waals surface area contributed by atoms with E-state index in [9.17, 15) is 13.6 Å². The molecule has 2 N–H and O–H groups in total. The standard InChI is InChI=1S/C13H17F2N3O/c1-2-17-3-5-18(6-4-17)13(19)9-7-10(14)12(16)11(15)8-9/h7-8H,2-6,16H2,1H3. The Morgan fingerprint density at radius 2 is 1.74 bits per heavy atom. The van der Waals surface area contributed by atoms with E-state index in [2.05, 4.69) is 11.8 Å². The Kier molecular flexibility index (Phi) is 3.99. The number of carbonyl (C=O) groups excluding carboxylic acids is 1. The summed E-state index contributed by atoms with van der Waals surface area (Å²) < 4.78 is 26.7. The molecule has 6 heteroatoms. The van der Waals surface area contributed by atoms with Crippen LogP contribution in [0.25, 0.3) is 0 Å². The maximum absolute atomic E-state index is 13.3. The van der Waals surface area contributed by atoms with Gasteiger partial charge in [0.1, 0.15) is 17.3 Å². The van der Waals surface area contributed by atoms with E-state index in [4.69, 9.17) is 5.73 Å². The second-order valence-electron chi connectivity index (χ2n) is 4.58. The Bertz CT molecular complexity index is 462. The van der Waals surface area contributed by atoms with Crippen molar-refractivity contribution in [2.24, 2.45) is 0 Å². The van der Waals surface area contributed by atoms with Gasteiger partial charge in [0.25, 0.3) is 5.91 Å². The van der Waals surface area contributed by atoms with E-state index in [0.717, 1.165) is 31.8 Å². The monoisotopic (exact) mass is 269 g/mol. The highest BCUT2D eigenvalue weighted by atomic mass is 19.1. The molecule has 4 nitrogen and oxygen atoms in total. The fraction of sp³-hybridized carbons (Fsp3) is 0.462. The minimum absolute atomic E-state index is 0.00847. The summed E-state index contributed by atoms with van der Waals surface area (Å²) in [6.07, 6.45) is 0. The second kappa shape index (κ2) is 5.52. The summed E-state index contributed by atoms with van der Waals surface area (Å²) >= 11 is 0. The van der Waals surface area contributed by atoms with Gasteiger partial charge in [-0.25, -0.2) is 8.78 Å². The highest BCUT2D eigenvalue weighted by Crippen LogP contribution is 2.19. The van der Waals surface area contributed by atoms with Crippen LogP contribution in [0.15, 0.2) is 12.1 Å². The van der Waals surface area contributed by atoms with Crippen LogP contribution < -0.4 is 5.73 Å². The largest absolute Gasteiger partial charge is 0.394 e. The van der Waals surface area contributed by atoms with E-state index < -0.39 is 17.3 Å². The summed E-state index contributed by atoms with van der Waals surface area (Å²) in [6.45, 7) is 5.69. The summed E-state index contributed by atoms with van der Waals surface area (Å²) in [5.74, 6) is -2.14. The minimum Gasteiger partial charge on any atom is -0.394 e. The van der Waals surface area contributed by atoms with Crippen molar-refractivity contribution < 1.29 is 13.6 Å². The number of benzene rings is 1. The first-order valence-electron chi connectivity index (χ1n) is 6.29. The lowest BCUT2D eigenvalue weighted by Gasteiger charge is -2.34.